The molecule has 1 unspecified atom stereocenters. The van der Waals surface area contributed by atoms with Gasteiger partial charge in [0.1, 0.15) is 65.0 Å². The first-order chi connectivity index (χ1) is 41.0. The van der Waals surface area contributed by atoms with Crippen molar-refractivity contribution in [3.05, 3.63) is 184 Å². The number of ether oxygens (including phenoxy) is 3. The summed E-state index contributed by atoms with van der Waals surface area (Å²) in [5, 5.41) is 92.8. The molecule has 3 heterocycles. The number of phenolic OH excluding ortho intramolecular Hbond substituents is 6. The lowest BCUT2D eigenvalue weighted by Crippen LogP contribution is -2.48. The summed E-state index contributed by atoms with van der Waals surface area (Å²) in [5.41, 5.74) is 2.89. The number of carbonyl (C=O) groups is 2. The molecule has 3 aliphatic heterocycles. The van der Waals surface area contributed by atoms with Gasteiger partial charge in [0.15, 0.2) is 5.78 Å². The highest BCUT2D eigenvalue weighted by Gasteiger charge is 2.52. The summed E-state index contributed by atoms with van der Waals surface area (Å²) in [7, 11) is 0. The van der Waals surface area contributed by atoms with Gasteiger partial charge in [0.2, 0.25) is 0 Å². The number of hydroxylamine groups is 6. The lowest BCUT2D eigenvalue weighted by Gasteiger charge is -2.36. The number of ketones is 1. The molecule has 0 radical (unpaired) electrons. The lowest BCUT2D eigenvalue weighted by molar-refractivity contribution is -0.197. The number of carbonyl (C=O) groups excluding carboxylic acids is 2. The number of aromatic hydroxyl groups is 6. The fraction of sp³-hybridized carbons (Fsp3) is 0.324. The van der Waals surface area contributed by atoms with Crippen LogP contribution in [0, 0.1) is 5.92 Å². The highest BCUT2D eigenvalue weighted by molar-refractivity contribution is 5.93. The highest BCUT2D eigenvalue weighted by atomic mass is 16.5. The molecule has 1 atom stereocenters. The zero-order chi connectivity index (χ0) is 64.7. The van der Waals surface area contributed by atoms with Gasteiger partial charge in [-0.25, -0.2) is 4.79 Å². The van der Waals surface area contributed by atoms with Crippen LogP contribution in [-0.2, 0) is 9.59 Å². The number of Topliss-reactive ketones (excluding diaryl/α,β-unsaturated/α-hetero) is 1. The van der Waals surface area contributed by atoms with Crippen molar-refractivity contribution < 1.29 is 70.1 Å². The normalized spacial score (nSPS) is 18.9. The number of hydrogen-bond acceptors (Lipinski definition) is 17. The Bertz CT molecular complexity index is 3590. The third-order valence-corrected chi connectivity index (χ3v) is 16.0. The molecule has 0 saturated carbocycles. The Balaban J connectivity index is 0.000000189. The van der Waals surface area contributed by atoms with Crippen LogP contribution in [0.1, 0.15) is 129 Å². The maximum absolute atomic E-state index is 12.6. The Labute approximate surface area is 515 Å². The smallest absolute Gasteiger partial charge is 0.341 e. The average Bonchev–Trinajstić information content (AvgIpc) is 1.75. The van der Waals surface area contributed by atoms with Crippen molar-refractivity contribution in [2.24, 2.45) is 5.92 Å². The number of rotatable bonds is 16. The molecule has 9 rings (SSSR count). The zero-order valence-electron chi connectivity index (χ0n) is 52.1. The predicted molar refractivity (Wildman–Crippen MR) is 341 cm³/mol. The van der Waals surface area contributed by atoms with Crippen molar-refractivity contribution in [2.45, 2.75) is 129 Å². The van der Waals surface area contributed by atoms with Crippen molar-refractivity contribution >= 4 is 48.2 Å². The molecule has 1 fully saturated rings. The Hall–Kier alpha value is -8.68. The second-order valence-corrected chi connectivity index (χ2v) is 25.7. The first-order valence-corrected chi connectivity index (χ1v) is 28.9. The fourth-order valence-corrected chi connectivity index (χ4v) is 11.2. The predicted octanol–water partition coefficient (Wildman–Crippen LogP) is 14.1. The zero-order valence-corrected chi connectivity index (χ0v) is 52.1. The maximum Gasteiger partial charge on any atom is 0.341 e. The second-order valence-electron chi connectivity index (χ2n) is 25.7. The molecule has 9 N–H and O–H groups in total. The van der Waals surface area contributed by atoms with Crippen LogP contribution in [0.4, 0.5) is 0 Å². The topological polar surface area (TPSA) is 254 Å². The minimum absolute atomic E-state index is 0.0133. The minimum Gasteiger partial charge on any atom is -0.508 e. The summed E-state index contributed by atoms with van der Waals surface area (Å²) in [6, 6.07) is 34.8. The molecule has 0 aliphatic carbocycles. The highest BCUT2D eigenvalue weighted by Crippen LogP contribution is 2.45. The number of phenols is 6. The first kappa shape index (κ1) is 66.8. The molecule has 17 nitrogen and oxygen atoms in total. The molecular weight excluding hydrogens is 1120 g/mol. The molecule has 17 heteroatoms. The van der Waals surface area contributed by atoms with Gasteiger partial charge >= 0.3 is 5.97 Å². The van der Waals surface area contributed by atoms with Gasteiger partial charge in [-0.3, -0.25) is 4.79 Å². The molecule has 0 bridgehead atoms. The molecular formula is C71H83N3O14. The molecule has 0 amide bonds. The van der Waals surface area contributed by atoms with E-state index in [0.717, 1.165) is 44.9 Å². The van der Waals surface area contributed by atoms with Crippen LogP contribution < -0.4 is 14.2 Å². The van der Waals surface area contributed by atoms with Crippen LogP contribution in [0.25, 0.3) is 36.5 Å². The van der Waals surface area contributed by atoms with Crippen molar-refractivity contribution in [3.8, 4) is 51.7 Å². The molecule has 0 spiro atoms. The van der Waals surface area contributed by atoms with Crippen molar-refractivity contribution in [1.29, 1.82) is 0 Å². The quantitative estimate of drug-likeness (QED) is 0.0189. The standard InChI is InChI=1S/C25H31NO5.C23H25NO5.C23H27NO4/c1-24(2)15-19(25(3,4)26(24)30)13-22(29)16-31-23-12-18(11-21(28)14-23)6-5-17-7-9-20(27)10-8-17;1-22(2)14-20(23(3,4)24(22)28)21(27)29-19-9-7-15(8-10-19)5-6-16-11-17(25)13-18(26)12-16;1-22(2)14-18(23(3,4)24(22)27)15-28-21-12-17(11-20(26)13-21)6-5-16-7-9-19(25)10-8-16/h5-12,14,19,27-28,30H,13,15-16H2,1-4H3;5-14,25-26,28H,1-4H3;5-14,25-27H,15H2,1-4H3/b3*6-5+. The van der Waals surface area contributed by atoms with E-state index < -0.39 is 33.7 Å². The third kappa shape index (κ3) is 16.9. The van der Waals surface area contributed by atoms with E-state index in [9.17, 15) is 55.8 Å². The van der Waals surface area contributed by atoms with E-state index in [1.54, 1.807) is 111 Å². The summed E-state index contributed by atoms with van der Waals surface area (Å²) in [6.07, 6.45) is 15.8. The van der Waals surface area contributed by atoms with Gasteiger partial charge in [-0.05, 0) is 207 Å². The second kappa shape index (κ2) is 26.7. The molecule has 466 valence electrons. The van der Waals surface area contributed by atoms with Gasteiger partial charge in [-0.15, -0.1) is 0 Å². The van der Waals surface area contributed by atoms with E-state index in [-0.39, 0.29) is 58.3 Å². The summed E-state index contributed by atoms with van der Waals surface area (Å²) in [6.45, 7) is 23.0. The van der Waals surface area contributed by atoms with E-state index in [1.165, 1.54) is 34.4 Å². The summed E-state index contributed by atoms with van der Waals surface area (Å²) >= 11 is 0. The molecule has 6 aromatic carbocycles. The minimum atomic E-state index is -0.851. The van der Waals surface area contributed by atoms with Crippen molar-refractivity contribution in [3.63, 3.8) is 0 Å². The summed E-state index contributed by atoms with van der Waals surface area (Å²) < 4.78 is 17.1. The number of esters is 1. The SMILES string of the molecule is CC1(C)C=C(C(=O)Oc2ccc(/C=C/c3cc(O)cc(O)c3)cc2)C(C)(C)N1O.CC1(C)C=C(COc2cc(O)cc(/C=C/c3ccc(O)cc3)c2)C(C)(C)N1O.CC1(C)CC(CC(=O)COc2cc(O)cc(/C=C/c3ccc(O)cc3)c2)C(C)(C)N1O. The average molecular weight is 1200 g/mol. The third-order valence-electron chi connectivity index (χ3n) is 16.0. The Morgan fingerprint density at radius 3 is 1.26 bits per heavy atom. The van der Waals surface area contributed by atoms with Crippen LogP contribution in [0.3, 0.4) is 0 Å². The molecule has 3 aliphatic rings. The van der Waals surface area contributed by atoms with Gasteiger partial charge in [-0.1, -0.05) is 85.0 Å². The summed E-state index contributed by atoms with van der Waals surface area (Å²) in [5.74, 6) is 1.39. The van der Waals surface area contributed by atoms with E-state index in [1.807, 2.05) is 124 Å². The molecule has 0 aromatic heterocycles. The van der Waals surface area contributed by atoms with Gasteiger partial charge in [0.05, 0.1) is 27.7 Å². The van der Waals surface area contributed by atoms with E-state index >= 15 is 0 Å². The van der Waals surface area contributed by atoms with Crippen LogP contribution in [0.15, 0.2) is 151 Å². The van der Waals surface area contributed by atoms with Gasteiger partial charge in [0.25, 0.3) is 0 Å². The van der Waals surface area contributed by atoms with Gasteiger partial charge in [-0.2, -0.15) is 15.2 Å². The summed E-state index contributed by atoms with van der Waals surface area (Å²) in [4.78, 5) is 25.2. The van der Waals surface area contributed by atoms with Crippen LogP contribution >= 0.6 is 0 Å². The Morgan fingerprint density at radius 1 is 0.455 bits per heavy atom. The monoisotopic (exact) mass is 1200 g/mol. The van der Waals surface area contributed by atoms with E-state index in [2.05, 4.69) is 0 Å². The van der Waals surface area contributed by atoms with Gasteiger partial charge < -0.3 is 60.5 Å². The lowest BCUT2D eigenvalue weighted by atomic mass is 9.83. The van der Waals surface area contributed by atoms with E-state index in [4.69, 9.17) is 14.2 Å². The first-order valence-electron chi connectivity index (χ1n) is 28.9. The fourth-order valence-electron chi connectivity index (χ4n) is 11.2. The number of hydrogen-bond donors (Lipinski definition) is 9. The van der Waals surface area contributed by atoms with Crippen LogP contribution in [0.2, 0.25) is 0 Å². The Kier molecular flexibility index (Phi) is 20.3. The van der Waals surface area contributed by atoms with Crippen molar-refractivity contribution in [1.82, 2.24) is 15.2 Å². The van der Waals surface area contributed by atoms with Gasteiger partial charge in [0, 0.05) is 35.7 Å². The van der Waals surface area contributed by atoms with E-state index in [0.29, 0.717) is 41.4 Å². The number of benzene rings is 6. The maximum atomic E-state index is 12.6. The Morgan fingerprint density at radius 2 is 0.852 bits per heavy atom. The largest absolute Gasteiger partial charge is 0.508 e. The molecule has 88 heavy (non-hydrogen) atoms. The van der Waals surface area contributed by atoms with Crippen LogP contribution in [0.5, 0.6) is 51.7 Å². The van der Waals surface area contributed by atoms with Crippen LogP contribution in [-0.4, -0.2) is 120 Å². The molecule has 1 saturated heterocycles. The number of nitrogens with zero attached hydrogens (tertiary/aromatic N) is 3. The molecule has 6 aromatic rings. The van der Waals surface area contributed by atoms with Crippen molar-refractivity contribution in [2.75, 3.05) is 13.2 Å².